The van der Waals surface area contributed by atoms with Crippen molar-refractivity contribution in [1.29, 1.82) is 0 Å². The van der Waals surface area contributed by atoms with E-state index in [1.165, 1.54) is 24.3 Å². The number of nitro groups is 1. The van der Waals surface area contributed by atoms with Gasteiger partial charge in [-0.05, 0) is 24.3 Å². The third-order valence-electron chi connectivity index (χ3n) is 3.02. The van der Waals surface area contributed by atoms with E-state index in [1.807, 2.05) is 6.07 Å². The summed E-state index contributed by atoms with van der Waals surface area (Å²) in [4.78, 5) is 21.8. The summed E-state index contributed by atoms with van der Waals surface area (Å²) < 4.78 is 5.32. The number of amides is 1. The lowest BCUT2D eigenvalue weighted by Gasteiger charge is -2.13. The normalized spacial score (nSPS) is 11.5. The monoisotopic (exact) mass is 316 g/mol. The van der Waals surface area contributed by atoms with Crippen LogP contribution in [0.4, 0.5) is 5.69 Å². The van der Waals surface area contributed by atoms with E-state index in [2.05, 4.69) is 5.32 Å². The first-order valence-electron chi connectivity index (χ1n) is 6.95. The molecule has 2 rings (SSSR count). The van der Waals surface area contributed by atoms with Crippen LogP contribution in [0.3, 0.4) is 0 Å². The first kappa shape index (κ1) is 16.4. The van der Waals surface area contributed by atoms with Gasteiger partial charge in [0, 0.05) is 24.2 Å². The summed E-state index contributed by atoms with van der Waals surface area (Å²) >= 11 is 0. The molecule has 7 heteroatoms. The minimum atomic E-state index is -0.891. The van der Waals surface area contributed by atoms with Gasteiger partial charge in [0.1, 0.15) is 18.5 Å². The number of nitrogens with zero attached hydrogens (tertiary/aromatic N) is 1. The summed E-state index contributed by atoms with van der Waals surface area (Å²) in [5, 5.41) is 22.9. The smallest absolute Gasteiger partial charge is 0.269 e. The highest BCUT2D eigenvalue weighted by Crippen LogP contribution is 2.17. The van der Waals surface area contributed by atoms with E-state index in [1.54, 1.807) is 24.3 Å². The summed E-state index contributed by atoms with van der Waals surface area (Å²) in [7, 11) is 0. The zero-order chi connectivity index (χ0) is 16.7. The maximum atomic E-state index is 11.8. The number of ether oxygens (including phenoxy) is 1. The van der Waals surface area contributed by atoms with Crippen molar-refractivity contribution >= 4 is 11.6 Å². The lowest BCUT2D eigenvalue weighted by atomic mass is 10.2. The molecule has 0 saturated carbocycles. The van der Waals surface area contributed by atoms with Crippen LogP contribution in [0.5, 0.6) is 5.75 Å². The van der Waals surface area contributed by atoms with E-state index in [9.17, 15) is 20.0 Å². The van der Waals surface area contributed by atoms with E-state index in [-0.39, 0.29) is 24.7 Å². The van der Waals surface area contributed by atoms with Gasteiger partial charge in [-0.3, -0.25) is 14.9 Å². The Morgan fingerprint density at radius 3 is 2.43 bits per heavy atom. The average Bonchev–Trinajstić information content (AvgIpc) is 2.59. The largest absolute Gasteiger partial charge is 0.491 e. The van der Waals surface area contributed by atoms with Gasteiger partial charge in [-0.25, -0.2) is 0 Å². The summed E-state index contributed by atoms with van der Waals surface area (Å²) in [6.07, 6.45) is -0.891. The summed E-state index contributed by atoms with van der Waals surface area (Å²) in [6, 6.07) is 14.2. The topological polar surface area (TPSA) is 102 Å². The number of aliphatic hydroxyl groups excluding tert-OH is 1. The van der Waals surface area contributed by atoms with Gasteiger partial charge in [0.15, 0.2) is 0 Å². The maximum Gasteiger partial charge on any atom is 0.269 e. The first-order chi connectivity index (χ1) is 11.1. The van der Waals surface area contributed by atoms with Crippen LogP contribution in [0.2, 0.25) is 0 Å². The van der Waals surface area contributed by atoms with E-state index in [0.717, 1.165) is 0 Å². The van der Waals surface area contributed by atoms with E-state index < -0.39 is 11.0 Å². The van der Waals surface area contributed by atoms with Crippen LogP contribution in [-0.4, -0.2) is 35.2 Å². The Morgan fingerprint density at radius 2 is 1.83 bits per heavy atom. The van der Waals surface area contributed by atoms with Crippen LogP contribution >= 0.6 is 0 Å². The molecule has 120 valence electrons. The molecule has 0 fully saturated rings. The molecule has 0 aliphatic heterocycles. The van der Waals surface area contributed by atoms with Gasteiger partial charge in [-0.2, -0.15) is 0 Å². The molecule has 2 aromatic carbocycles. The van der Waals surface area contributed by atoms with Gasteiger partial charge in [0.2, 0.25) is 0 Å². The molecule has 0 bridgehead atoms. The molecule has 7 nitrogen and oxygen atoms in total. The lowest BCUT2D eigenvalue weighted by Crippen LogP contribution is -2.35. The van der Waals surface area contributed by atoms with Crippen LogP contribution in [0.1, 0.15) is 10.4 Å². The Kier molecular flexibility index (Phi) is 5.65. The fourth-order valence-electron chi connectivity index (χ4n) is 1.82. The predicted molar refractivity (Wildman–Crippen MR) is 83.4 cm³/mol. The van der Waals surface area contributed by atoms with Crippen LogP contribution in [0.25, 0.3) is 0 Å². The number of carbonyl (C=O) groups is 1. The molecule has 0 radical (unpaired) electrons. The number of nitro benzene ring substituents is 1. The fraction of sp³-hybridized carbons (Fsp3) is 0.188. The van der Waals surface area contributed by atoms with Crippen molar-refractivity contribution in [2.45, 2.75) is 6.10 Å². The highest BCUT2D eigenvalue weighted by Gasteiger charge is 2.10. The lowest BCUT2D eigenvalue weighted by molar-refractivity contribution is -0.384. The SMILES string of the molecule is O=C(NC[C@H](O)COc1ccc([N+](=O)[O-])cc1)c1ccccc1. The predicted octanol–water partition coefficient (Wildman–Crippen LogP) is 1.76. The van der Waals surface area contributed by atoms with Gasteiger partial charge in [0.05, 0.1) is 4.92 Å². The van der Waals surface area contributed by atoms with E-state index >= 15 is 0 Å². The molecule has 0 aromatic heterocycles. The number of hydrogen-bond donors (Lipinski definition) is 2. The molecule has 2 aromatic rings. The Bertz CT molecular complexity index is 658. The molecular weight excluding hydrogens is 300 g/mol. The molecule has 2 N–H and O–H groups in total. The molecule has 0 unspecified atom stereocenters. The highest BCUT2D eigenvalue weighted by atomic mass is 16.6. The van der Waals surface area contributed by atoms with Crippen molar-refractivity contribution in [3.05, 3.63) is 70.3 Å². The van der Waals surface area contributed by atoms with Crippen molar-refractivity contribution in [3.8, 4) is 5.75 Å². The molecule has 0 saturated heterocycles. The van der Waals surface area contributed by atoms with Gasteiger partial charge >= 0.3 is 0 Å². The molecule has 0 heterocycles. The zero-order valence-corrected chi connectivity index (χ0v) is 12.2. The number of carbonyl (C=O) groups excluding carboxylic acids is 1. The zero-order valence-electron chi connectivity index (χ0n) is 12.2. The van der Waals surface area contributed by atoms with Crippen molar-refractivity contribution in [2.75, 3.05) is 13.2 Å². The highest BCUT2D eigenvalue weighted by molar-refractivity contribution is 5.94. The number of benzene rings is 2. The summed E-state index contributed by atoms with van der Waals surface area (Å²) in [6.45, 7) is 0.00753. The summed E-state index contributed by atoms with van der Waals surface area (Å²) in [5.74, 6) is 0.129. The van der Waals surface area contributed by atoms with Crippen LogP contribution in [0.15, 0.2) is 54.6 Å². The van der Waals surface area contributed by atoms with Crippen LogP contribution in [0, 0.1) is 10.1 Å². The van der Waals surface area contributed by atoms with Gasteiger partial charge < -0.3 is 15.2 Å². The van der Waals surface area contributed by atoms with Crippen molar-refractivity contribution in [1.82, 2.24) is 5.32 Å². The van der Waals surface area contributed by atoms with Crippen molar-refractivity contribution in [2.24, 2.45) is 0 Å². The second-order valence-electron chi connectivity index (χ2n) is 4.79. The molecule has 0 aliphatic carbocycles. The van der Waals surface area contributed by atoms with E-state index in [0.29, 0.717) is 11.3 Å². The third kappa shape index (κ3) is 5.08. The molecule has 1 amide bonds. The minimum Gasteiger partial charge on any atom is -0.491 e. The van der Waals surface area contributed by atoms with Crippen LogP contribution < -0.4 is 10.1 Å². The number of non-ortho nitro benzene ring substituents is 1. The minimum absolute atomic E-state index is 0.0342. The number of hydrogen-bond acceptors (Lipinski definition) is 5. The fourth-order valence-corrected chi connectivity index (χ4v) is 1.82. The standard InChI is InChI=1S/C16H16N2O5/c19-14(10-17-16(20)12-4-2-1-3-5-12)11-23-15-8-6-13(7-9-15)18(21)22/h1-9,14,19H,10-11H2,(H,17,20)/t14-/m0/s1. The number of rotatable bonds is 7. The Labute approximate surface area is 132 Å². The second kappa shape index (κ2) is 7.90. The molecule has 0 spiro atoms. The van der Waals surface area contributed by atoms with Crippen molar-refractivity contribution < 1.29 is 19.6 Å². The van der Waals surface area contributed by atoms with Crippen LogP contribution in [-0.2, 0) is 0 Å². The quantitative estimate of drug-likeness (QED) is 0.598. The summed E-state index contributed by atoms with van der Waals surface area (Å²) in [5.41, 5.74) is 0.476. The molecule has 0 aliphatic rings. The van der Waals surface area contributed by atoms with Crippen molar-refractivity contribution in [3.63, 3.8) is 0 Å². The van der Waals surface area contributed by atoms with Gasteiger partial charge in [-0.15, -0.1) is 0 Å². The average molecular weight is 316 g/mol. The maximum absolute atomic E-state index is 11.8. The van der Waals surface area contributed by atoms with Gasteiger partial charge in [-0.1, -0.05) is 18.2 Å². The molecule has 23 heavy (non-hydrogen) atoms. The number of aliphatic hydroxyl groups is 1. The Balaban J connectivity index is 1.75. The number of nitrogens with one attached hydrogen (secondary N) is 1. The third-order valence-corrected chi connectivity index (χ3v) is 3.02. The first-order valence-corrected chi connectivity index (χ1v) is 6.95. The Morgan fingerprint density at radius 1 is 1.17 bits per heavy atom. The molecule has 1 atom stereocenters. The van der Waals surface area contributed by atoms with E-state index in [4.69, 9.17) is 4.74 Å². The second-order valence-corrected chi connectivity index (χ2v) is 4.79. The molecular formula is C16H16N2O5. The van der Waals surface area contributed by atoms with Gasteiger partial charge in [0.25, 0.3) is 11.6 Å². The Hall–Kier alpha value is -2.93.